The molecule has 7 heteroatoms. The Bertz CT molecular complexity index is 1910. The predicted octanol–water partition coefficient (Wildman–Crippen LogP) is 9.99. The number of anilines is 6. The molecule has 0 fully saturated rings. The number of aliphatic hydroxyl groups excluding tert-OH is 4. The average molecular weight is 691 g/mol. The third kappa shape index (κ3) is 7.49. The van der Waals surface area contributed by atoms with E-state index in [1.165, 1.54) is 9.75 Å². The van der Waals surface area contributed by atoms with E-state index in [-0.39, 0.29) is 26.4 Å². The number of hydrogen-bond acceptors (Lipinski definition) is 7. The van der Waals surface area contributed by atoms with Gasteiger partial charge in [-0.1, -0.05) is 72.8 Å². The van der Waals surface area contributed by atoms with E-state index in [0.717, 1.165) is 67.5 Å². The van der Waals surface area contributed by atoms with Crippen LogP contribution in [0, 0.1) is 0 Å². The molecular weight excluding hydrogens is 653 g/mol. The Morgan fingerprint density at radius 3 is 0.725 bits per heavy atom. The van der Waals surface area contributed by atoms with Crippen LogP contribution in [0.3, 0.4) is 0 Å². The molecule has 0 unspecified atom stereocenters. The minimum absolute atomic E-state index is 0.00736. The van der Waals surface area contributed by atoms with Crippen molar-refractivity contribution >= 4 is 45.5 Å². The van der Waals surface area contributed by atoms with Crippen LogP contribution in [0.15, 0.2) is 158 Å². The lowest BCUT2D eigenvalue weighted by Gasteiger charge is -2.26. The standard InChI is InChI=1S/C44H38N2O4S/c47-27-31-1-13-37(14-2-31)45(38-15-3-32(28-48)4-16-38)41-21-9-35(10-22-41)43-25-26-44(51-43)36-11-23-42(24-12-36)46(39-17-5-33(29-49)6-18-39)40-19-7-34(30-50)8-20-40/h1-26,47-50H,27-30H2. The fourth-order valence-electron chi connectivity index (χ4n) is 6.09. The van der Waals surface area contributed by atoms with E-state index in [2.05, 4.69) is 70.5 Å². The second kappa shape index (κ2) is 15.6. The molecule has 0 saturated heterocycles. The van der Waals surface area contributed by atoms with Gasteiger partial charge >= 0.3 is 0 Å². The molecule has 0 radical (unpaired) electrons. The first-order valence-corrected chi connectivity index (χ1v) is 17.6. The van der Waals surface area contributed by atoms with Gasteiger partial charge in [0.05, 0.1) is 26.4 Å². The minimum Gasteiger partial charge on any atom is -0.392 e. The molecule has 51 heavy (non-hydrogen) atoms. The molecule has 0 aliphatic carbocycles. The lowest BCUT2D eigenvalue weighted by atomic mass is 10.1. The summed E-state index contributed by atoms with van der Waals surface area (Å²) in [5.74, 6) is 0. The van der Waals surface area contributed by atoms with Gasteiger partial charge in [-0.05, 0) is 118 Å². The molecule has 7 aromatic rings. The van der Waals surface area contributed by atoms with Gasteiger partial charge in [-0.3, -0.25) is 0 Å². The van der Waals surface area contributed by atoms with Gasteiger partial charge in [0.2, 0.25) is 0 Å². The molecule has 0 bridgehead atoms. The van der Waals surface area contributed by atoms with E-state index < -0.39 is 0 Å². The van der Waals surface area contributed by atoms with E-state index in [0.29, 0.717) is 0 Å². The zero-order valence-corrected chi connectivity index (χ0v) is 28.7. The Morgan fingerprint density at radius 1 is 0.294 bits per heavy atom. The molecule has 6 aromatic carbocycles. The van der Waals surface area contributed by atoms with E-state index in [4.69, 9.17) is 0 Å². The summed E-state index contributed by atoms with van der Waals surface area (Å²) < 4.78 is 0. The third-order valence-electron chi connectivity index (χ3n) is 8.93. The smallest absolute Gasteiger partial charge is 0.0681 e. The summed E-state index contributed by atoms with van der Waals surface area (Å²) in [6.45, 7) is -0.0295. The van der Waals surface area contributed by atoms with Gasteiger partial charge < -0.3 is 30.2 Å². The van der Waals surface area contributed by atoms with Gasteiger partial charge in [-0.25, -0.2) is 0 Å². The maximum atomic E-state index is 9.57. The normalized spacial score (nSPS) is 11.1. The Morgan fingerprint density at radius 2 is 0.510 bits per heavy atom. The fourth-order valence-corrected chi connectivity index (χ4v) is 7.11. The summed E-state index contributed by atoms with van der Waals surface area (Å²) in [7, 11) is 0. The first-order chi connectivity index (χ1) is 25.1. The summed E-state index contributed by atoms with van der Waals surface area (Å²) in [6, 6.07) is 52.9. The highest BCUT2D eigenvalue weighted by atomic mass is 32.1. The van der Waals surface area contributed by atoms with Crippen molar-refractivity contribution in [2.75, 3.05) is 9.80 Å². The third-order valence-corrected chi connectivity index (χ3v) is 10.1. The predicted molar refractivity (Wildman–Crippen MR) is 208 cm³/mol. The number of aliphatic hydroxyl groups is 4. The zero-order valence-electron chi connectivity index (χ0n) is 27.9. The maximum absolute atomic E-state index is 9.57. The summed E-state index contributed by atoms with van der Waals surface area (Å²) in [5, 5.41) is 38.3. The van der Waals surface area contributed by atoms with Crippen LogP contribution in [-0.4, -0.2) is 20.4 Å². The molecule has 0 spiro atoms. The van der Waals surface area contributed by atoms with Crippen molar-refractivity contribution in [2.24, 2.45) is 0 Å². The van der Waals surface area contributed by atoms with E-state index in [9.17, 15) is 20.4 Å². The topological polar surface area (TPSA) is 87.4 Å². The number of thiophene rings is 1. The van der Waals surface area contributed by atoms with Crippen molar-refractivity contribution in [1.82, 2.24) is 0 Å². The second-order valence-electron chi connectivity index (χ2n) is 12.2. The highest BCUT2D eigenvalue weighted by molar-refractivity contribution is 7.18. The average Bonchev–Trinajstić information content (AvgIpc) is 3.70. The van der Waals surface area contributed by atoms with Crippen LogP contribution in [0.1, 0.15) is 22.3 Å². The van der Waals surface area contributed by atoms with Crippen molar-refractivity contribution < 1.29 is 20.4 Å². The first kappa shape index (κ1) is 33.9. The van der Waals surface area contributed by atoms with Crippen LogP contribution in [0.25, 0.3) is 20.9 Å². The number of rotatable bonds is 12. The van der Waals surface area contributed by atoms with Gasteiger partial charge in [-0.2, -0.15) is 0 Å². The molecule has 0 saturated carbocycles. The first-order valence-electron chi connectivity index (χ1n) is 16.8. The molecule has 1 heterocycles. The van der Waals surface area contributed by atoms with Crippen LogP contribution in [0.4, 0.5) is 34.1 Å². The Balaban J connectivity index is 1.14. The monoisotopic (exact) mass is 690 g/mol. The molecule has 6 nitrogen and oxygen atoms in total. The Kier molecular flexibility index (Phi) is 10.4. The van der Waals surface area contributed by atoms with Gasteiger partial charge in [0.25, 0.3) is 0 Å². The number of hydrogen-bond donors (Lipinski definition) is 4. The number of nitrogens with zero attached hydrogens (tertiary/aromatic N) is 2. The van der Waals surface area contributed by atoms with Gasteiger partial charge in [-0.15, -0.1) is 11.3 Å². The van der Waals surface area contributed by atoms with Crippen molar-refractivity contribution in [3.63, 3.8) is 0 Å². The van der Waals surface area contributed by atoms with Gasteiger partial charge in [0.15, 0.2) is 0 Å². The van der Waals surface area contributed by atoms with E-state index in [1.807, 2.05) is 97.1 Å². The molecule has 254 valence electrons. The largest absolute Gasteiger partial charge is 0.392 e. The van der Waals surface area contributed by atoms with Gasteiger partial charge in [0, 0.05) is 43.9 Å². The van der Waals surface area contributed by atoms with E-state index in [1.54, 1.807) is 11.3 Å². The van der Waals surface area contributed by atoms with Crippen LogP contribution < -0.4 is 9.80 Å². The summed E-state index contributed by atoms with van der Waals surface area (Å²) >= 11 is 1.75. The molecule has 0 amide bonds. The SMILES string of the molecule is OCc1ccc(N(c2ccc(CO)cc2)c2ccc(-c3ccc(-c4ccc(N(c5ccc(CO)cc5)c5ccc(CO)cc5)cc4)s3)cc2)cc1. The van der Waals surface area contributed by atoms with Crippen molar-refractivity contribution in [3.05, 3.63) is 180 Å². The van der Waals surface area contributed by atoms with Crippen LogP contribution >= 0.6 is 11.3 Å². The van der Waals surface area contributed by atoms with Crippen molar-refractivity contribution in [2.45, 2.75) is 26.4 Å². The summed E-state index contributed by atoms with van der Waals surface area (Å²) in [6.07, 6.45) is 0. The number of benzene rings is 6. The lowest BCUT2D eigenvalue weighted by Crippen LogP contribution is -2.10. The summed E-state index contributed by atoms with van der Waals surface area (Å²) in [4.78, 5) is 6.67. The molecule has 0 aliphatic rings. The molecular formula is C44H38N2O4S. The quantitative estimate of drug-likeness (QED) is 0.102. The van der Waals surface area contributed by atoms with Crippen LogP contribution in [0.2, 0.25) is 0 Å². The summed E-state index contributed by atoms with van der Waals surface area (Å²) in [5.41, 5.74) is 11.6. The Labute approximate surface area is 302 Å². The van der Waals surface area contributed by atoms with E-state index >= 15 is 0 Å². The fraction of sp³-hybridized carbons (Fsp3) is 0.0909. The Hall–Kier alpha value is -5.54. The molecule has 7 rings (SSSR count). The van der Waals surface area contributed by atoms with Gasteiger partial charge in [0.1, 0.15) is 0 Å². The molecule has 0 atom stereocenters. The van der Waals surface area contributed by atoms with Crippen molar-refractivity contribution in [3.8, 4) is 20.9 Å². The van der Waals surface area contributed by atoms with Crippen LogP contribution in [-0.2, 0) is 26.4 Å². The molecule has 0 aliphatic heterocycles. The second-order valence-corrected chi connectivity index (χ2v) is 13.3. The highest BCUT2D eigenvalue weighted by Crippen LogP contribution is 2.40. The minimum atomic E-state index is -0.00736. The zero-order chi connectivity index (χ0) is 35.2. The molecule has 1 aromatic heterocycles. The van der Waals surface area contributed by atoms with Crippen LogP contribution in [0.5, 0.6) is 0 Å². The molecule has 4 N–H and O–H groups in total. The highest BCUT2D eigenvalue weighted by Gasteiger charge is 2.16. The maximum Gasteiger partial charge on any atom is 0.0681 e. The lowest BCUT2D eigenvalue weighted by molar-refractivity contribution is 0.281. The van der Waals surface area contributed by atoms with Crippen molar-refractivity contribution in [1.29, 1.82) is 0 Å².